The van der Waals surface area contributed by atoms with E-state index in [0.29, 0.717) is 67.6 Å². The third-order valence-electron chi connectivity index (χ3n) is 19.6. The molecule has 8 N–H and O–H groups in total. The standard InChI is InChI=1S/C30H29N3O4.C27H24N4O5.C24H25N3O4/c1-20-15-22(25-13-6-7-14-27(25)31-20)19-37-24-12-8-11-23(16-24)30(17-26(30)28(34)32-36)29(35)33(2)18-21-9-4-3-5-10-21;32-25(30-34)22-14-27(22,26(33)31-35)13-17-7-9-20(10-8-17)36-16-19-12-24(18-4-3-11-28-15-18)29-23-6-2-1-5-21(19)23;1-15-11-16(19-9-4-5-10-21(19)25-15)14-31-18-8-6-7-17(12-18)24(23(29)27(2)3)13-20(24)22(28)26-30/h3-16,26,36H,17-19H2,1-2H3,(H,32,34);1-12,15,22,34-35H,13-14,16H2,(H,30,32)(H,31,33);4-12,20,30H,13-14H2,1-3H3,(H,26,28)/t26-,30-;22-,27+;20-,24-/m010/s1. The molecule has 6 atom stereocenters. The maximum atomic E-state index is 13.8. The molecule has 23 heteroatoms. The second kappa shape index (κ2) is 31.1. The fourth-order valence-corrected chi connectivity index (χ4v) is 14.0. The first-order chi connectivity index (χ1) is 50.3. The van der Waals surface area contributed by atoms with Crippen LogP contribution in [0, 0.1) is 37.0 Å². The zero-order valence-corrected chi connectivity index (χ0v) is 57.8. The Labute approximate surface area is 599 Å². The van der Waals surface area contributed by atoms with Gasteiger partial charge in [-0.25, -0.2) is 26.9 Å². The van der Waals surface area contributed by atoms with Gasteiger partial charge < -0.3 is 24.0 Å². The Morgan fingerprint density at radius 3 is 1.42 bits per heavy atom. The first-order valence-electron chi connectivity index (χ1n) is 33.8. The molecule has 6 amide bonds. The number of benzene rings is 7. The minimum absolute atomic E-state index is 0.169. The van der Waals surface area contributed by atoms with E-state index in [1.165, 1.54) is 4.90 Å². The van der Waals surface area contributed by atoms with Crippen molar-refractivity contribution in [2.24, 2.45) is 23.2 Å². The summed E-state index contributed by atoms with van der Waals surface area (Å²) in [7, 11) is 5.06. The summed E-state index contributed by atoms with van der Waals surface area (Å²) in [5.74, 6) is -2.89. The normalized spacial score (nSPS) is 18.8. The van der Waals surface area contributed by atoms with Gasteiger partial charge in [-0.05, 0) is 147 Å². The number of hydrogen-bond acceptors (Lipinski definition) is 17. The molecule has 4 heterocycles. The number of aromatic nitrogens is 4. The quantitative estimate of drug-likeness (QED) is 0.0231. The molecule has 0 unspecified atom stereocenters. The van der Waals surface area contributed by atoms with Crippen molar-refractivity contribution in [3.63, 3.8) is 0 Å². The van der Waals surface area contributed by atoms with E-state index in [1.54, 1.807) is 72.5 Å². The number of nitrogens with one attached hydrogen (secondary N) is 4. The summed E-state index contributed by atoms with van der Waals surface area (Å²) < 4.78 is 18.3. The number of likely N-dealkylation sites (N-methyl/N-ethyl adjacent to an activating group) is 2. The SMILES string of the molecule is Cc1cc(COc2cccc([C@@]3(C(=O)N(C)C)C[C@H]3C(=O)NO)c2)c2ccccc2n1.Cc1cc(COc2cccc([C@@]3(C(=O)N(C)Cc4ccccc4)C[C@H]3C(=O)NO)c2)c2ccccc2n1.O=C(NO)[C@H]1C[C@]1(Cc1ccc(OCc2cc(-c3cccnc3)nc3ccccc23)cc1)C(=O)NO. The number of ether oxygens (including phenoxy) is 3. The second-order valence-corrected chi connectivity index (χ2v) is 26.6. The van der Waals surface area contributed by atoms with Gasteiger partial charge in [0.05, 0.1) is 56.2 Å². The molecule has 3 aliphatic rings. The van der Waals surface area contributed by atoms with Crippen LogP contribution >= 0.6 is 0 Å². The maximum Gasteiger partial charge on any atom is 0.250 e. The number of para-hydroxylation sites is 3. The highest BCUT2D eigenvalue weighted by Gasteiger charge is 2.67. The van der Waals surface area contributed by atoms with Gasteiger partial charge in [-0.15, -0.1) is 0 Å². The molecule has 4 aromatic heterocycles. The van der Waals surface area contributed by atoms with Gasteiger partial charge in [0.15, 0.2) is 0 Å². The summed E-state index contributed by atoms with van der Waals surface area (Å²) in [5.41, 5.74) is 16.0. The van der Waals surface area contributed by atoms with Crippen LogP contribution in [0.15, 0.2) is 219 Å². The molecule has 23 nitrogen and oxygen atoms in total. The zero-order valence-electron chi connectivity index (χ0n) is 57.8. The number of hydroxylamine groups is 4. The van der Waals surface area contributed by atoms with Crippen LogP contribution in [-0.2, 0) is 72.4 Å². The summed E-state index contributed by atoms with van der Waals surface area (Å²) in [5, 5.41) is 39.5. The summed E-state index contributed by atoms with van der Waals surface area (Å²) in [4.78, 5) is 96.5. The van der Waals surface area contributed by atoms with Gasteiger partial charge >= 0.3 is 0 Å². The Hall–Kier alpha value is -12.0. The van der Waals surface area contributed by atoms with E-state index in [2.05, 4.69) is 15.0 Å². The highest BCUT2D eigenvalue weighted by Crippen LogP contribution is 2.58. The van der Waals surface area contributed by atoms with Crippen LogP contribution in [0.4, 0.5) is 0 Å². The topological polar surface area (TPSA) is 317 Å². The third kappa shape index (κ3) is 15.3. The van der Waals surface area contributed by atoms with E-state index in [0.717, 1.165) is 83.2 Å². The Bertz CT molecular complexity index is 5010. The first-order valence-corrected chi connectivity index (χ1v) is 33.8. The van der Waals surface area contributed by atoms with E-state index in [-0.39, 0.29) is 24.7 Å². The predicted molar refractivity (Wildman–Crippen MR) is 385 cm³/mol. The van der Waals surface area contributed by atoms with Crippen LogP contribution in [0.2, 0.25) is 0 Å². The molecular formula is C81H78N10O13. The number of pyridine rings is 4. The summed E-state index contributed by atoms with van der Waals surface area (Å²) in [6.45, 7) is 5.33. The molecule has 104 heavy (non-hydrogen) atoms. The summed E-state index contributed by atoms with van der Waals surface area (Å²) in [6, 6.07) is 65.2. The number of fused-ring (bicyclic) bond motifs is 3. The van der Waals surface area contributed by atoms with Crippen molar-refractivity contribution in [1.82, 2.24) is 51.7 Å². The van der Waals surface area contributed by atoms with Gasteiger partial charge in [0.1, 0.15) is 37.1 Å². The Balaban J connectivity index is 0.000000147. The second-order valence-electron chi connectivity index (χ2n) is 26.6. The largest absolute Gasteiger partial charge is 0.489 e. The van der Waals surface area contributed by atoms with E-state index < -0.39 is 57.6 Å². The Morgan fingerprint density at radius 2 is 0.933 bits per heavy atom. The minimum Gasteiger partial charge on any atom is -0.489 e. The first kappa shape index (κ1) is 71.8. The smallest absolute Gasteiger partial charge is 0.250 e. The van der Waals surface area contributed by atoms with Crippen LogP contribution in [0.25, 0.3) is 44.0 Å². The van der Waals surface area contributed by atoms with E-state index in [9.17, 15) is 34.0 Å². The zero-order chi connectivity index (χ0) is 73.3. The lowest BCUT2D eigenvalue weighted by Crippen LogP contribution is -2.39. The highest BCUT2D eigenvalue weighted by molar-refractivity contribution is 6.02. The molecule has 0 aliphatic heterocycles. The molecule has 3 fully saturated rings. The number of carbonyl (C=O) groups excluding carboxylic acids is 6. The monoisotopic (exact) mass is 1400 g/mol. The average Bonchev–Trinajstić information content (AvgIpc) is 1.56. The number of carbonyl (C=O) groups is 6. The van der Waals surface area contributed by atoms with Gasteiger partial charge in [-0.1, -0.05) is 121 Å². The molecular weight excluding hydrogens is 1320 g/mol. The van der Waals surface area contributed by atoms with Crippen LogP contribution in [-0.4, -0.2) is 107 Å². The summed E-state index contributed by atoms with van der Waals surface area (Å²) >= 11 is 0. The van der Waals surface area contributed by atoms with Crippen molar-refractivity contribution in [1.29, 1.82) is 0 Å². The highest BCUT2D eigenvalue weighted by atomic mass is 16.5. The minimum atomic E-state index is -1.09. The lowest BCUT2D eigenvalue weighted by atomic mass is 9.91. The molecule has 11 aromatic rings. The van der Waals surface area contributed by atoms with E-state index in [1.807, 2.05) is 208 Å². The molecule has 0 saturated heterocycles. The third-order valence-corrected chi connectivity index (χ3v) is 19.6. The van der Waals surface area contributed by atoms with Gasteiger partial charge in [-0.3, -0.25) is 64.5 Å². The lowest BCUT2D eigenvalue weighted by Gasteiger charge is -2.25. The molecule has 14 rings (SSSR count). The van der Waals surface area contributed by atoms with Crippen LogP contribution in [0.3, 0.4) is 0 Å². The van der Waals surface area contributed by atoms with Crippen molar-refractivity contribution < 1.29 is 63.8 Å². The van der Waals surface area contributed by atoms with E-state index >= 15 is 0 Å². The van der Waals surface area contributed by atoms with Gasteiger partial charge in [-0.2, -0.15) is 0 Å². The van der Waals surface area contributed by atoms with Crippen LogP contribution in [0.5, 0.6) is 17.2 Å². The number of rotatable bonds is 22. The predicted octanol–water partition coefficient (Wildman–Crippen LogP) is 11.0. The van der Waals surface area contributed by atoms with Gasteiger partial charge in [0, 0.05) is 89.9 Å². The van der Waals surface area contributed by atoms with E-state index in [4.69, 9.17) is 34.8 Å². The Morgan fingerprint density at radius 1 is 0.462 bits per heavy atom. The number of nitrogens with zero attached hydrogens (tertiary/aromatic N) is 6. The van der Waals surface area contributed by atoms with Crippen molar-refractivity contribution in [3.8, 4) is 28.5 Å². The molecule has 0 spiro atoms. The molecule has 0 bridgehead atoms. The maximum absolute atomic E-state index is 13.8. The molecule has 530 valence electrons. The lowest BCUT2D eigenvalue weighted by molar-refractivity contribution is -0.139. The number of amides is 6. The molecule has 0 radical (unpaired) electrons. The van der Waals surface area contributed by atoms with Crippen molar-refractivity contribution in [3.05, 3.63) is 269 Å². The molecule has 3 saturated carbocycles. The van der Waals surface area contributed by atoms with Gasteiger partial charge in [0.25, 0.3) is 5.91 Å². The van der Waals surface area contributed by atoms with Gasteiger partial charge in [0.2, 0.25) is 29.5 Å². The fraction of sp³-hybridized carbons (Fsp3) is 0.235. The summed E-state index contributed by atoms with van der Waals surface area (Å²) in [6.07, 6.45) is 4.63. The van der Waals surface area contributed by atoms with Crippen LogP contribution < -0.4 is 36.1 Å². The Kier molecular flexibility index (Phi) is 21.4. The molecule has 7 aromatic carbocycles. The van der Waals surface area contributed by atoms with Crippen molar-refractivity contribution >= 4 is 68.2 Å². The van der Waals surface area contributed by atoms with Crippen molar-refractivity contribution in [2.45, 2.75) is 76.7 Å². The fourth-order valence-electron chi connectivity index (χ4n) is 14.0. The average molecular weight is 1400 g/mol. The molecule has 3 aliphatic carbocycles. The number of aryl methyl sites for hydroxylation is 2. The van der Waals surface area contributed by atoms with Crippen molar-refractivity contribution in [2.75, 3.05) is 21.1 Å². The number of hydrogen-bond donors (Lipinski definition) is 8. The van der Waals surface area contributed by atoms with Crippen LogP contribution in [0.1, 0.15) is 69.6 Å².